The summed E-state index contributed by atoms with van der Waals surface area (Å²) in [4.78, 5) is 53.4. The Bertz CT molecular complexity index is 1950. The number of fused-ring (bicyclic) bond motifs is 1. The number of imidazole rings is 1. The van der Waals surface area contributed by atoms with Gasteiger partial charge in [-0.15, -0.1) is 0 Å². The summed E-state index contributed by atoms with van der Waals surface area (Å²) in [5.74, 6) is -2.80. The number of benzene rings is 3. The zero-order valence-electron chi connectivity index (χ0n) is 24.7. The molecule has 0 unspecified atom stereocenters. The van der Waals surface area contributed by atoms with Gasteiger partial charge in [0, 0.05) is 41.3 Å². The fourth-order valence-corrected chi connectivity index (χ4v) is 5.38. The van der Waals surface area contributed by atoms with E-state index in [0.717, 1.165) is 10.6 Å². The van der Waals surface area contributed by atoms with Gasteiger partial charge in [-0.3, -0.25) is 23.5 Å². The fraction of sp³-hybridized carbons (Fsp3) is 0.226. The van der Waals surface area contributed by atoms with Crippen molar-refractivity contribution < 1.29 is 41.4 Å². The first-order chi connectivity index (χ1) is 22.7. The van der Waals surface area contributed by atoms with Gasteiger partial charge in [-0.1, -0.05) is 17.7 Å². The highest BCUT2D eigenvalue weighted by molar-refractivity contribution is 9.10. The van der Waals surface area contributed by atoms with E-state index in [2.05, 4.69) is 21.2 Å². The summed E-state index contributed by atoms with van der Waals surface area (Å²) in [6.07, 6.45) is -4.57. The van der Waals surface area contributed by atoms with Gasteiger partial charge in [-0.25, -0.2) is 9.18 Å². The Morgan fingerprint density at radius 2 is 1.69 bits per heavy atom. The van der Waals surface area contributed by atoms with Crippen LogP contribution < -0.4 is 26.2 Å². The van der Waals surface area contributed by atoms with Crippen molar-refractivity contribution >= 4 is 45.3 Å². The number of halogens is 6. The number of aromatic nitrogens is 2. The van der Waals surface area contributed by atoms with Gasteiger partial charge in [0.2, 0.25) is 0 Å². The van der Waals surface area contributed by atoms with Crippen molar-refractivity contribution in [2.45, 2.75) is 25.8 Å². The summed E-state index contributed by atoms with van der Waals surface area (Å²) in [5.41, 5.74) is 4.86. The van der Waals surface area contributed by atoms with E-state index in [9.17, 15) is 36.7 Å². The maximum atomic E-state index is 14.8. The van der Waals surface area contributed by atoms with E-state index in [4.69, 9.17) is 26.8 Å². The summed E-state index contributed by atoms with van der Waals surface area (Å²) in [5, 5.41) is 2.90. The van der Waals surface area contributed by atoms with Crippen molar-refractivity contribution in [1.82, 2.24) is 19.4 Å². The van der Waals surface area contributed by atoms with Crippen LogP contribution >= 0.6 is 27.5 Å². The maximum absolute atomic E-state index is 14.8. The molecule has 3 amide bonds. The van der Waals surface area contributed by atoms with Crippen LogP contribution in [0.4, 0.5) is 17.6 Å². The van der Waals surface area contributed by atoms with Crippen molar-refractivity contribution in [1.29, 1.82) is 0 Å². The van der Waals surface area contributed by atoms with Gasteiger partial charge in [0.15, 0.2) is 13.2 Å². The van der Waals surface area contributed by atoms with E-state index >= 15 is 0 Å². The zero-order chi connectivity index (χ0) is 34.7. The summed E-state index contributed by atoms with van der Waals surface area (Å²) in [6.45, 7) is -2.34. The molecule has 0 saturated carbocycles. The van der Waals surface area contributed by atoms with E-state index in [1.807, 2.05) is 0 Å². The van der Waals surface area contributed by atoms with Gasteiger partial charge in [0.1, 0.15) is 23.0 Å². The number of amides is 3. The monoisotopic (exact) mass is 753 g/mol. The van der Waals surface area contributed by atoms with Crippen LogP contribution in [-0.4, -0.2) is 57.7 Å². The van der Waals surface area contributed by atoms with Crippen LogP contribution in [0.15, 0.2) is 69.9 Å². The average molecular weight is 755 g/mol. The van der Waals surface area contributed by atoms with Crippen molar-refractivity contribution in [3.05, 3.63) is 109 Å². The number of alkyl halides is 3. The number of nitrogens with zero attached hydrogens (tertiary/aromatic N) is 3. The third kappa shape index (κ3) is 7.82. The van der Waals surface area contributed by atoms with Crippen LogP contribution in [0.25, 0.3) is 5.69 Å². The summed E-state index contributed by atoms with van der Waals surface area (Å²) in [7, 11) is 0. The number of primary amides is 1. The Balaban J connectivity index is 1.47. The average Bonchev–Trinajstić information content (AvgIpc) is 3.34. The lowest BCUT2D eigenvalue weighted by molar-refractivity contribution is -0.153. The van der Waals surface area contributed by atoms with Crippen LogP contribution in [-0.2, 0) is 24.4 Å². The minimum Gasteiger partial charge on any atom is -0.484 e. The normalized spacial score (nSPS) is 12.8. The molecular formula is C31H25BrClF4N5O6. The minimum atomic E-state index is -4.57. The highest BCUT2D eigenvalue weighted by Crippen LogP contribution is 2.27. The molecule has 0 saturated heterocycles. The topological polar surface area (TPSA) is 138 Å². The summed E-state index contributed by atoms with van der Waals surface area (Å²) >= 11 is 9.47. The highest BCUT2D eigenvalue weighted by atomic mass is 79.9. The first kappa shape index (κ1) is 34.5. The van der Waals surface area contributed by atoms with Gasteiger partial charge in [-0.05, 0) is 64.5 Å². The van der Waals surface area contributed by atoms with Crippen LogP contribution in [0.2, 0.25) is 5.02 Å². The van der Waals surface area contributed by atoms with Gasteiger partial charge in [0.25, 0.3) is 17.7 Å². The number of carbonyl (C=O) groups is 3. The lowest BCUT2D eigenvalue weighted by Crippen LogP contribution is -2.41. The second-order valence-corrected chi connectivity index (χ2v) is 11.8. The zero-order valence-corrected chi connectivity index (χ0v) is 27.0. The number of ether oxygens (including phenoxy) is 2. The van der Waals surface area contributed by atoms with Crippen LogP contribution in [0.3, 0.4) is 0 Å². The van der Waals surface area contributed by atoms with Crippen LogP contribution in [0, 0.1) is 5.82 Å². The largest absolute Gasteiger partial charge is 0.484 e. The van der Waals surface area contributed by atoms with E-state index < -0.39 is 48.6 Å². The molecule has 2 heterocycles. The highest BCUT2D eigenvalue weighted by Gasteiger charge is 2.33. The molecule has 0 fully saturated rings. The molecule has 4 aromatic rings. The number of rotatable bonds is 10. The van der Waals surface area contributed by atoms with Crippen molar-refractivity contribution in [2.75, 3.05) is 19.8 Å². The second kappa shape index (κ2) is 14.1. The van der Waals surface area contributed by atoms with Gasteiger partial charge in [-0.2, -0.15) is 13.2 Å². The molecule has 11 nitrogen and oxygen atoms in total. The first-order valence-corrected chi connectivity index (χ1v) is 15.3. The Morgan fingerprint density at radius 1 is 0.979 bits per heavy atom. The van der Waals surface area contributed by atoms with E-state index in [1.165, 1.54) is 51.9 Å². The molecule has 1 aromatic heterocycles. The minimum absolute atomic E-state index is 0.0195. The Kier molecular flexibility index (Phi) is 10.1. The molecule has 5 rings (SSSR count). The molecule has 48 heavy (non-hydrogen) atoms. The Labute approximate surface area is 282 Å². The van der Waals surface area contributed by atoms with Gasteiger partial charge in [0.05, 0.1) is 22.9 Å². The molecular weight excluding hydrogens is 730 g/mol. The molecule has 1 aliphatic rings. The third-order valence-electron chi connectivity index (χ3n) is 7.19. The van der Waals surface area contributed by atoms with Crippen LogP contribution in [0.1, 0.15) is 32.1 Å². The van der Waals surface area contributed by atoms with Crippen molar-refractivity contribution in [3.8, 4) is 17.2 Å². The van der Waals surface area contributed by atoms with Crippen LogP contribution in [0.5, 0.6) is 11.5 Å². The van der Waals surface area contributed by atoms with Crippen molar-refractivity contribution in [2.24, 2.45) is 5.73 Å². The SMILES string of the molecule is NC(=O)COc1ccc(CNC(=O)c2c3n(c(=O)n2-c2ccc(OCC(F)(F)F)cc2)CCN(C(=O)c2ccc(Br)c(Cl)c2)C3)c(F)c1. The number of hydrogen-bond donors (Lipinski definition) is 2. The molecule has 0 bridgehead atoms. The number of nitrogens with one attached hydrogen (secondary N) is 1. The number of nitrogens with two attached hydrogens (primary N) is 1. The molecule has 3 aromatic carbocycles. The molecule has 1 aliphatic heterocycles. The number of hydrogen-bond acceptors (Lipinski definition) is 6. The first-order valence-electron chi connectivity index (χ1n) is 14.1. The molecule has 0 atom stereocenters. The Hall–Kier alpha value is -4.83. The Morgan fingerprint density at radius 3 is 2.33 bits per heavy atom. The molecule has 0 spiro atoms. The van der Waals surface area contributed by atoms with Gasteiger partial charge >= 0.3 is 11.9 Å². The maximum Gasteiger partial charge on any atom is 0.422 e. The van der Waals surface area contributed by atoms with E-state index in [-0.39, 0.29) is 65.9 Å². The summed E-state index contributed by atoms with van der Waals surface area (Å²) < 4.78 is 65.6. The third-order valence-corrected chi connectivity index (χ3v) is 8.42. The molecule has 0 aliphatic carbocycles. The quantitative estimate of drug-likeness (QED) is 0.228. The molecule has 3 N–H and O–H groups in total. The van der Waals surface area contributed by atoms with Gasteiger partial charge < -0.3 is 25.4 Å². The molecule has 0 radical (unpaired) electrons. The smallest absolute Gasteiger partial charge is 0.422 e. The standard InChI is InChI=1S/C31H25BrClF4N5O6/c32-22-8-2-17(11-23(22)33)29(45)40-9-10-41-25(14-40)27(28(44)39-13-18-1-5-21(12-24(18)34)47-15-26(38)43)42(30(41)46)19-3-6-20(7-4-19)48-16-31(35,36)37/h1-8,11-12H,9-10,13-16H2,(H2,38,43)(H,39,44). The second-order valence-electron chi connectivity index (χ2n) is 10.5. The lowest BCUT2D eigenvalue weighted by Gasteiger charge is -2.28. The van der Waals surface area contributed by atoms with Crippen molar-refractivity contribution in [3.63, 3.8) is 0 Å². The predicted molar refractivity (Wildman–Crippen MR) is 168 cm³/mol. The lowest BCUT2D eigenvalue weighted by atomic mass is 10.1. The number of carbonyl (C=O) groups excluding carboxylic acids is 3. The summed E-state index contributed by atoms with van der Waals surface area (Å²) in [6, 6.07) is 13.5. The van der Waals surface area contributed by atoms with E-state index in [1.54, 1.807) is 12.1 Å². The van der Waals surface area contributed by atoms with E-state index in [0.29, 0.717) is 9.50 Å². The fourth-order valence-electron chi connectivity index (χ4n) is 4.95. The molecule has 252 valence electrons. The predicted octanol–water partition coefficient (Wildman–Crippen LogP) is 4.59. The molecule has 17 heteroatoms.